The van der Waals surface area contributed by atoms with Crippen molar-refractivity contribution in [1.82, 2.24) is 4.98 Å². The number of ether oxygens (including phenoxy) is 2. The van der Waals surface area contributed by atoms with Crippen molar-refractivity contribution in [2.24, 2.45) is 0 Å². The van der Waals surface area contributed by atoms with Crippen LogP contribution in [0.5, 0.6) is 5.75 Å². The summed E-state index contributed by atoms with van der Waals surface area (Å²) < 4.78 is 35.6. The number of carbonyl (C=O) groups is 1. The summed E-state index contributed by atoms with van der Waals surface area (Å²) in [6, 6.07) is 13.6. The van der Waals surface area contributed by atoms with E-state index < -0.39 is 16.0 Å². The van der Waals surface area contributed by atoms with Crippen molar-refractivity contribution >= 4 is 43.8 Å². The van der Waals surface area contributed by atoms with Gasteiger partial charge in [-0.1, -0.05) is 12.1 Å². The Labute approximate surface area is 172 Å². The van der Waals surface area contributed by atoms with E-state index in [4.69, 9.17) is 9.47 Å². The molecule has 0 aliphatic heterocycles. The number of sulfonamides is 1. The zero-order chi connectivity index (χ0) is 20.9. The molecule has 152 valence electrons. The number of thiazole rings is 1. The van der Waals surface area contributed by atoms with Crippen molar-refractivity contribution in [2.45, 2.75) is 6.61 Å². The van der Waals surface area contributed by atoms with E-state index in [1.54, 1.807) is 24.6 Å². The molecule has 8 nitrogen and oxygen atoms in total. The first kappa shape index (κ1) is 20.6. The Morgan fingerprint density at radius 1 is 1.14 bits per heavy atom. The van der Waals surface area contributed by atoms with Crippen LogP contribution < -0.4 is 14.8 Å². The van der Waals surface area contributed by atoms with E-state index in [9.17, 15) is 13.2 Å². The van der Waals surface area contributed by atoms with E-state index in [-0.39, 0.29) is 17.9 Å². The van der Waals surface area contributed by atoms with Crippen molar-refractivity contribution in [1.29, 1.82) is 0 Å². The molecular formula is C19H19N3O5S2. The van der Waals surface area contributed by atoms with Crippen LogP contribution >= 0.6 is 11.3 Å². The second-order valence-electron chi connectivity index (χ2n) is 5.99. The molecule has 0 fully saturated rings. The molecule has 3 aromatic rings. The van der Waals surface area contributed by atoms with Crippen LogP contribution in [0.25, 0.3) is 0 Å². The highest BCUT2D eigenvalue weighted by atomic mass is 32.2. The van der Waals surface area contributed by atoms with Gasteiger partial charge >= 0.3 is 5.97 Å². The lowest BCUT2D eigenvalue weighted by atomic mass is 10.2. The summed E-state index contributed by atoms with van der Waals surface area (Å²) in [4.78, 5) is 16.8. The topological polar surface area (TPSA) is 107 Å². The van der Waals surface area contributed by atoms with Gasteiger partial charge in [-0.15, -0.1) is 11.3 Å². The highest BCUT2D eigenvalue weighted by Crippen LogP contribution is 2.24. The smallest absolute Gasteiger partial charge is 0.340 e. The number of nitrogens with one attached hydrogen (secondary N) is 2. The van der Waals surface area contributed by atoms with Crippen LogP contribution in [-0.4, -0.2) is 32.7 Å². The molecule has 0 unspecified atom stereocenters. The van der Waals surface area contributed by atoms with E-state index >= 15 is 0 Å². The number of carbonyl (C=O) groups excluding carboxylic acids is 1. The van der Waals surface area contributed by atoms with Crippen molar-refractivity contribution in [3.63, 3.8) is 0 Å². The molecule has 2 aromatic carbocycles. The minimum absolute atomic E-state index is 0.0349. The first-order valence-corrected chi connectivity index (χ1v) is 11.2. The first-order valence-electron chi connectivity index (χ1n) is 8.43. The van der Waals surface area contributed by atoms with Crippen molar-refractivity contribution < 1.29 is 22.7 Å². The largest absolute Gasteiger partial charge is 0.497 e. The van der Waals surface area contributed by atoms with Gasteiger partial charge in [0.1, 0.15) is 12.4 Å². The minimum atomic E-state index is -3.52. The molecule has 2 N–H and O–H groups in total. The number of benzene rings is 2. The first-order chi connectivity index (χ1) is 13.8. The number of aromatic nitrogens is 1. The van der Waals surface area contributed by atoms with E-state index in [1.165, 1.54) is 23.5 Å². The fourth-order valence-electron chi connectivity index (χ4n) is 2.40. The van der Waals surface area contributed by atoms with Crippen LogP contribution in [-0.2, 0) is 21.4 Å². The SMILES string of the molecule is COc1ccc(Nc2nc(COC(=O)c3ccccc3NS(C)(=O)=O)cs2)cc1. The standard InChI is InChI=1S/C19H19N3O5S2/c1-26-15-9-7-13(8-10-15)20-19-21-14(12-28-19)11-27-18(23)16-5-3-4-6-17(16)22-29(2,24)25/h3-10,12,22H,11H2,1-2H3,(H,20,21). The average molecular weight is 434 g/mol. The van der Waals surface area contributed by atoms with E-state index in [0.29, 0.717) is 10.8 Å². The number of methoxy groups -OCH3 is 1. The maximum absolute atomic E-state index is 12.4. The van der Waals surface area contributed by atoms with Gasteiger partial charge in [0.05, 0.1) is 30.3 Å². The Morgan fingerprint density at radius 3 is 2.55 bits per heavy atom. The van der Waals surface area contributed by atoms with Gasteiger partial charge in [-0.05, 0) is 36.4 Å². The Hall–Kier alpha value is -3.11. The maximum atomic E-state index is 12.4. The van der Waals surface area contributed by atoms with Crippen LogP contribution in [0.15, 0.2) is 53.9 Å². The molecule has 0 bridgehead atoms. The lowest BCUT2D eigenvalue weighted by Crippen LogP contribution is -2.14. The van der Waals surface area contributed by atoms with Gasteiger partial charge in [0.15, 0.2) is 5.13 Å². The third-order valence-electron chi connectivity index (χ3n) is 3.69. The fourth-order valence-corrected chi connectivity index (χ4v) is 3.69. The van der Waals surface area contributed by atoms with Crippen molar-refractivity contribution in [3.8, 4) is 5.75 Å². The van der Waals surface area contributed by atoms with Crippen molar-refractivity contribution in [3.05, 3.63) is 65.2 Å². The number of rotatable bonds is 8. The molecule has 10 heteroatoms. The summed E-state index contributed by atoms with van der Waals surface area (Å²) in [6.45, 7) is -0.0349. The predicted octanol–water partition coefficient (Wildman–Crippen LogP) is 3.62. The Balaban J connectivity index is 1.61. The number of anilines is 3. The van der Waals surface area contributed by atoms with Crippen LogP contribution in [0.3, 0.4) is 0 Å². The van der Waals surface area contributed by atoms with Gasteiger partial charge in [0, 0.05) is 11.1 Å². The molecule has 0 aliphatic rings. The van der Waals surface area contributed by atoms with Crippen LogP contribution in [0, 0.1) is 0 Å². The number of esters is 1. The maximum Gasteiger partial charge on any atom is 0.340 e. The summed E-state index contributed by atoms with van der Waals surface area (Å²) >= 11 is 1.38. The normalized spacial score (nSPS) is 11.0. The highest BCUT2D eigenvalue weighted by molar-refractivity contribution is 7.92. The molecule has 0 saturated carbocycles. The summed E-state index contributed by atoms with van der Waals surface area (Å²) in [5, 5.41) is 5.60. The summed E-state index contributed by atoms with van der Waals surface area (Å²) in [5.41, 5.74) is 1.72. The molecular weight excluding hydrogens is 414 g/mol. The number of hydrogen-bond donors (Lipinski definition) is 2. The molecule has 3 rings (SSSR count). The summed E-state index contributed by atoms with van der Waals surface area (Å²) in [5.74, 6) is 0.113. The van der Waals surface area contributed by atoms with Gasteiger partial charge in [0.25, 0.3) is 0 Å². The Morgan fingerprint density at radius 2 is 1.86 bits per heavy atom. The van der Waals surface area contributed by atoms with Gasteiger partial charge in [-0.3, -0.25) is 4.72 Å². The van der Waals surface area contributed by atoms with Crippen LogP contribution in [0.2, 0.25) is 0 Å². The van der Waals surface area contributed by atoms with Crippen LogP contribution in [0.1, 0.15) is 16.1 Å². The molecule has 0 spiro atoms. The third-order valence-corrected chi connectivity index (χ3v) is 5.08. The quantitative estimate of drug-likeness (QED) is 0.523. The second-order valence-corrected chi connectivity index (χ2v) is 8.60. The monoisotopic (exact) mass is 433 g/mol. The lowest BCUT2D eigenvalue weighted by molar-refractivity contribution is 0.0470. The summed E-state index contributed by atoms with van der Waals surface area (Å²) in [6.07, 6.45) is 1.02. The van der Waals surface area contributed by atoms with Crippen LogP contribution in [0.4, 0.5) is 16.5 Å². The zero-order valence-electron chi connectivity index (χ0n) is 15.7. The molecule has 0 atom stereocenters. The van der Waals surface area contributed by atoms with E-state index in [2.05, 4.69) is 15.0 Å². The zero-order valence-corrected chi connectivity index (χ0v) is 17.3. The molecule has 29 heavy (non-hydrogen) atoms. The molecule has 0 amide bonds. The van der Waals surface area contributed by atoms with Crippen molar-refractivity contribution in [2.75, 3.05) is 23.4 Å². The molecule has 1 heterocycles. The molecule has 0 aliphatic carbocycles. The third kappa shape index (κ3) is 5.93. The number of para-hydroxylation sites is 1. The minimum Gasteiger partial charge on any atom is -0.497 e. The van der Waals surface area contributed by atoms with E-state index in [0.717, 1.165) is 17.7 Å². The molecule has 0 saturated heterocycles. The van der Waals surface area contributed by atoms with Gasteiger partial charge in [-0.25, -0.2) is 18.2 Å². The predicted molar refractivity (Wildman–Crippen MR) is 112 cm³/mol. The lowest BCUT2D eigenvalue weighted by Gasteiger charge is -2.09. The number of hydrogen-bond acceptors (Lipinski definition) is 8. The van der Waals surface area contributed by atoms with Gasteiger partial charge in [0.2, 0.25) is 10.0 Å². The molecule has 0 radical (unpaired) electrons. The second kappa shape index (κ2) is 8.93. The average Bonchev–Trinajstić information content (AvgIpc) is 3.13. The number of nitrogens with zero attached hydrogens (tertiary/aromatic N) is 1. The van der Waals surface area contributed by atoms with Gasteiger partial charge in [-0.2, -0.15) is 0 Å². The molecule has 1 aromatic heterocycles. The fraction of sp³-hybridized carbons (Fsp3) is 0.158. The van der Waals surface area contributed by atoms with Gasteiger partial charge < -0.3 is 14.8 Å². The summed E-state index contributed by atoms with van der Waals surface area (Å²) in [7, 11) is -1.91. The Kier molecular flexibility index (Phi) is 6.35. The van der Waals surface area contributed by atoms with E-state index in [1.807, 2.05) is 24.3 Å². The highest BCUT2D eigenvalue weighted by Gasteiger charge is 2.15. The Bertz CT molecular complexity index is 1100.